The highest BCUT2D eigenvalue weighted by molar-refractivity contribution is 5.83. The summed E-state index contributed by atoms with van der Waals surface area (Å²) in [4.78, 5) is 7.65. The summed E-state index contributed by atoms with van der Waals surface area (Å²) in [5, 5.41) is 7.24. The lowest BCUT2D eigenvalue weighted by Gasteiger charge is -2.09. The molecule has 1 aromatic carbocycles. The fraction of sp³-hybridized carbons (Fsp3) is 0.312. The molecule has 112 valence electrons. The molecule has 0 aliphatic carbocycles. The Labute approximate surface area is 124 Å². The predicted octanol–water partition coefficient (Wildman–Crippen LogP) is 2.59. The van der Waals surface area contributed by atoms with Gasteiger partial charge < -0.3 is 15.6 Å². The number of nitrogens with zero attached hydrogens (tertiary/aromatic N) is 1. The zero-order valence-corrected chi connectivity index (χ0v) is 12.2. The molecule has 4 nitrogen and oxygen atoms in total. The van der Waals surface area contributed by atoms with Crippen molar-refractivity contribution in [3.8, 4) is 0 Å². The average molecular weight is 288 g/mol. The molecule has 1 heterocycles. The van der Waals surface area contributed by atoms with Crippen molar-refractivity contribution >= 4 is 16.9 Å². The van der Waals surface area contributed by atoms with Gasteiger partial charge in [-0.15, -0.1) is 6.58 Å². The molecule has 0 radical (unpaired) electrons. The molecule has 0 unspecified atom stereocenters. The van der Waals surface area contributed by atoms with E-state index in [1.54, 1.807) is 18.2 Å². The lowest BCUT2D eigenvalue weighted by molar-refractivity contribution is 0.629. The van der Waals surface area contributed by atoms with Gasteiger partial charge in [-0.2, -0.15) is 0 Å². The van der Waals surface area contributed by atoms with E-state index in [1.165, 1.54) is 6.07 Å². The molecule has 0 amide bonds. The summed E-state index contributed by atoms with van der Waals surface area (Å²) in [6.07, 6.45) is 4.47. The van der Waals surface area contributed by atoms with Crippen molar-refractivity contribution in [3.05, 3.63) is 48.4 Å². The third kappa shape index (κ3) is 4.08. The molecule has 0 atom stereocenters. The van der Waals surface area contributed by atoms with Gasteiger partial charge in [-0.05, 0) is 37.1 Å². The molecule has 2 aromatic rings. The maximum absolute atomic E-state index is 13.3. The monoisotopic (exact) mass is 288 g/mol. The van der Waals surface area contributed by atoms with Gasteiger partial charge in [-0.1, -0.05) is 6.08 Å². The van der Waals surface area contributed by atoms with Crippen molar-refractivity contribution in [2.45, 2.75) is 13.3 Å². The summed E-state index contributed by atoms with van der Waals surface area (Å²) < 4.78 is 13.3. The van der Waals surface area contributed by atoms with E-state index in [9.17, 15) is 4.39 Å². The molecule has 0 fully saturated rings. The largest absolute Gasteiger partial charge is 0.361 e. The first-order valence-electron chi connectivity index (χ1n) is 7.13. The number of aromatic amines is 1. The number of halogens is 1. The van der Waals surface area contributed by atoms with E-state index in [1.807, 2.05) is 13.1 Å². The maximum Gasteiger partial charge on any atom is 0.191 e. The SMILES string of the molecule is C=CCNC(=NCCc1c[nH]c2ccc(F)cc12)NCC. The van der Waals surface area contributed by atoms with E-state index in [4.69, 9.17) is 0 Å². The highest BCUT2D eigenvalue weighted by atomic mass is 19.1. The number of H-pyrrole nitrogens is 1. The second-order valence-corrected chi connectivity index (χ2v) is 4.68. The Bertz CT molecular complexity index is 630. The van der Waals surface area contributed by atoms with Crippen molar-refractivity contribution in [1.82, 2.24) is 15.6 Å². The van der Waals surface area contributed by atoms with Gasteiger partial charge in [0, 0.05) is 36.7 Å². The second-order valence-electron chi connectivity index (χ2n) is 4.68. The van der Waals surface area contributed by atoms with Crippen LogP contribution in [-0.4, -0.2) is 30.6 Å². The van der Waals surface area contributed by atoms with Crippen molar-refractivity contribution in [3.63, 3.8) is 0 Å². The fourth-order valence-electron chi connectivity index (χ4n) is 2.16. The van der Waals surface area contributed by atoms with Gasteiger partial charge in [0.1, 0.15) is 5.82 Å². The van der Waals surface area contributed by atoms with Crippen molar-refractivity contribution in [2.24, 2.45) is 4.99 Å². The first-order valence-corrected chi connectivity index (χ1v) is 7.13. The average Bonchev–Trinajstić information content (AvgIpc) is 2.87. The van der Waals surface area contributed by atoms with Crippen LogP contribution in [0.25, 0.3) is 10.9 Å². The maximum atomic E-state index is 13.3. The molecule has 5 heteroatoms. The number of aliphatic imine (C=N–C) groups is 1. The molecule has 0 bridgehead atoms. The van der Waals surface area contributed by atoms with Crippen molar-refractivity contribution in [2.75, 3.05) is 19.6 Å². The normalized spacial score (nSPS) is 11.6. The van der Waals surface area contributed by atoms with E-state index in [2.05, 4.69) is 27.2 Å². The van der Waals surface area contributed by atoms with E-state index in [-0.39, 0.29) is 5.82 Å². The van der Waals surface area contributed by atoms with Crippen LogP contribution in [0.1, 0.15) is 12.5 Å². The Balaban J connectivity index is 2.02. The van der Waals surface area contributed by atoms with Crippen LogP contribution in [-0.2, 0) is 6.42 Å². The molecular formula is C16H21FN4. The standard InChI is InChI=1S/C16H21FN4/c1-3-8-19-16(18-4-2)20-9-7-12-11-21-15-6-5-13(17)10-14(12)15/h3,5-6,10-11,21H,1,4,7-9H2,2H3,(H2,18,19,20). The van der Waals surface area contributed by atoms with Crippen LogP contribution in [0.15, 0.2) is 42.0 Å². The molecule has 21 heavy (non-hydrogen) atoms. The number of guanidine groups is 1. The molecule has 0 aliphatic rings. The van der Waals surface area contributed by atoms with Crippen molar-refractivity contribution < 1.29 is 4.39 Å². The van der Waals surface area contributed by atoms with Gasteiger partial charge in [0.2, 0.25) is 0 Å². The third-order valence-electron chi connectivity index (χ3n) is 3.14. The number of hydrogen-bond acceptors (Lipinski definition) is 1. The summed E-state index contributed by atoms with van der Waals surface area (Å²) in [6, 6.07) is 4.78. The highest BCUT2D eigenvalue weighted by Crippen LogP contribution is 2.19. The number of hydrogen-bond donors (Lipinski definition) is 3. The number of benzene rings is 1. The van der Waals surface area contributed by atoms with E-state index < -0.39 is 0 Å². The Morgan fingerprint density at radius 2 is 2.29 bits per heavy atom. The molecule has 0 aliphatic heterocycles. The Hall–Kier alpha value is -2.30. The Morgan fingerprint density at radius 1 is 1.43 bits per heavy atom. The molecule has 0 saturated carbocycles. The lowest BCUT2D eigenvalue weighted by Crippen LogP contribution is -2.37. The number of nitrogens with one attached hydrogen (secondary N) is 3. The molecule has 0 spiro atoms. The minimum Gasteiger partial charge on any atom is -0.361 e. The summed E-state index contributed by atoms with van der Waals surface area (Å²) in [6.45, 7) is 7.80. The first kappa shape index (κ1) is 15.1. The van der Waals surface area contributed by atoms with Gasteiger partial charge in [-0.3, -0.25) is 4.99 Å². The van der Waals surface area contributed by atoms with Gasteiger partial charge in [0.15, 0.2) is 5.96 Å². The summed E-state index contributed by atoms with van der Waals surface area (Å²) in [5.41, 5.74) is 2.03. The summed E-state index contributed by atoms with van der Waals surface area (Å²) in [7, 11) is 0. The molecule has 2 rings (SSSR count). The second kappa shape index (κ2) is 7.47. The van der Waals surface area contributed by atoms with Crippen LogP contribution in [0, 0.1) is 5.82 Å². The fourth-order valence-corrected chi connectivity index (χ4v) is 2.16. The van der Waals surface area contributed by atoms with Crippen LogP contribution in [0.2, 0.25) is 0 Å². The minimum atomic E-state index is -0.215. The zero-order chi connectivity index (χ0) is 15.1. The van der Waals surface area contributed by atoms with E-state index >= 15 is 0 Å². The zero-order valence-electron chi connectivity index (χ0n) is 12.2. The van der Waals surface area contributed by atoms with Crippen LogP contribution in [0.3, 0.4) is 0 Å². The topological polar surface area (TPSA) is 52.2 Å². The number of fused-ring (bicyclic) bond motifs is 1. The minimum absolute atomic E-state index is 0.215. The Kier molecular flexibility index (Phi) is 5.37. The lowest BCUT2D eigenvalue weighted by atomic mass is 10.1. The molecule has 0 saturated heterocycles. The highest BCUT2D eigenvalue weighted by Gasteiger charge is 2.04. The summed E-state index contributed by atoms with van der Waals surface area (Å²) in [5.74, 6) is 0.552. The van der Waals surface area contributed by atoms with Crippen LogP contribution in [0.4, 0.5) is 4.39 Å². The van der Waals surface area contributed by atoms with Crippen molar-refractivity contribution in [1.29, 1.82) is 0 Å². The predicted molar refractivity (Wildman–Crippen MR) is 86.1 cm³/mol. The molecule has 1 aromatic heterocycles. The van der Waals surface area contributed by atoms with Gasteiger partial charge >= 0.3 is 0 Å². The number of rotatable bonds is 6. The van der Waals surface area contributed by atoms with E-state index in [0.717, 1.165) is 35.4 Å². The first-order chi connectivity index (χ1) is 10.2. The van der Waals surface area contributed by atoms with Crippen LogP contribution < -0.4 is 10.6 Å². The summed E-state index contributed by atoms with van der Waals surface area (Å²) >= 11 is 0. The van der Waals surface area contributed by atoms with Gasteiger partial charge in [0.05, 0.1) is 0 Å². The Morgan fingerprint density at radius 3 is 3.05 bits per heavy atom. The van der Waals surface area contributed by atoms with Crippen LogP contribution >= 0.6 is 0 Å². The van der Waals surface area contributed by atoms with Gasteiger partial charge in [-0.25, -0.2) is 4.39 Å². The molecule has 3 N–H and O–H groups in total. The molecular weight excluding hydrogens is 267 g/mol. The third-order valence-corrected chi connectivity index (χ3v) is 3.14. The van der Waals surface area contributed by atoms with Gasteiger partial charge in [0.25, 0.3) is 0 Å². The van der Waals surface area contributed by atoms with Crippen LogP contribution in [0.5, 0.6) is 0 Å². The quantitative estimate of drug-likeness (QED) is 0.435. The number of aromatic nitrogens is 1. The smallest absolute Gasteiger partial charge is 0.191 e. The van der Waals surface area contributed by atoms with E-state index in [0.29, 0.717) is 13.1 Å².